The quantitative estimate of drug-likeness (QED) is 0.438. The van der Waals surface area contributed by atoms with Gasteiger partial charge in [-0.05, 0) is 60.0 Å². The Labute approximate surface area is 180 Å². The first-order valence-corrected chi connectivity index (χ1v) is 9.80. The van der Waals surface area contributed by atoms with Crippen LogP contribution in [0.15, 0.2) is 67.1 Å². The number of rotatable bonds is 4. The molecule has 0 radical (unpaired) electrons. The molecule has 160 valence electrons. The Kier molecular flexibility index (Phi) is 4.66. The van der Waals surface area contributed by atoms with Crippen molar-refractivity contribution in [1.29, 1.82) is 0 Å². The molecule has 5 rings (SSSR count). The first-order chi connectivity index (χ1) is 15.4. The lowest BCUT2D eigenvalue weighted by Crippen LogP contribution is -2.06. The van der Waals surface area contributed by atoms with Crippen LogP contribution >= 0.6 is 0 Å². The van der Waals surface area contributed by atoms with E-state index in [2.05, 4.69) is 15.2 Å². The molecule has 0 spiro atoms. The monoisotopic (exact) mass is 434 g/mol. The molecule has 0 aliphatic rings. The number of nitrogens with two attached hydrogens (primary N) is 1. The van der Waals surface area contributed by atoms with E-state index in [0.29, 0.717) is 22.3 Å². The van der Waals surface area contributed by atoms with E-state index < -0.39 is 11.6 Å². The second-order valence-corrected chi connectivity index (χ2v) is 7.44. The van der Waals surface area contributed by atoms with Gasteiger partial charge >= 0.3 is 0 Å². The molecule has 0 aliphatic heterocycles. The Hall–Kier alpha value is -4.14. The van der Waals surface area contributed by atoms with E-state index in [1.54, 1.807) is 47.4 Å². The van der Waals surface area contributed by atoms with E-state index >= 15 is 0 Å². The summed E-state index contributed by atoms with van der Waals surface area (Å²) in [5, 5.41) is 8.32. The Morgan fingerprint density at radius 3 is 2.50 bits per heavy atom. The van der Waals surface area contributed by atoms with Crippen LogP contribution in [-0.2, 0) is 0 Å². The molecule has 3 heterocycles. The summed E-state index contributed by atoms with van der Waals surface area (Å²) in [4.78, 5) is 4.10. The lowest BCUT2D eigenvalue weighted by Gasteiger charge is -2.12. The molecule has 0 saturated heterocycles. The fraction of sp³-hybridized carbons (Fsp3) is 0.0870. The number of anilines is 1. The summed E-state index contributed by atoms with van der Waals surface area (Å²) in [6.45, 7) is 1.89. The number of benzene rings is 2. The average Bonchev–Trinajstić information content (AvgIpc) is 3.41. The lowest BCUT2D eigenvalue weighted by atomic mass is 10.0. The molecule has 0 aliphatic carbocycles. The van der Waals surface area contributed by atoms with Gasteiger partial charge in [-0.3, -0.25) is 4.68 Å². The first-order valence-electron chi connectivity index (χ1n) is 9.80. The zero-order valence-electron chi connectivity index (χ0n) is 16.9. The van der Waals surface area contributed by atoms with Crippen LogP contribution in [0.2, 0.25) is 0 Å². The fourth-order valence-corrected chi connectivity index (χ4v) is 3.63. The van der Waals surface area contributed by atoms with Crippen LogP contribution in [0, 0.1) is 17.5 Å². The van der Waals surface area contributed by atoms with Crippen molar-refractivity contribution in [2.24, 2.45) is 0 Å². The minimum atomic E-state index is -0.974. The van der Waals surface area contributed by atoms with Crippen LogP contribution in [0.25, 0.3) is 27.9 Å². The van der Waals surface area contributed by atoms with Crippen LogP contribution < -0.4 is 5.73 Å². The highest BCUT2D eigenvalue weighted by atomic mass is 19.2. The standard InChI is InChI=1S/C23H17F3N6/c1-13(14-2-4-18(24)5-3-14)32-12-17(11-28-32)19-8-16(9-20(25)22(19)26)15-6-7-31-21(10-15)29-23(27)30-31/h2-13H,1H3,(H2,27,30)/t13-/m1/s1. The Morgan fingerprint density at radius 2 is 1.72 bits per heavy atom. The maximum absolute atomic E-state index is 14.7. The van der Waals surface area contributed by atoms with Gasteiger partial charge in [0.25, 0.3) is 0 Å². The van der Waals surface area contributed by atoms with Crippen molar-refractivity contribution in [2.75, 3.05) is 5.73 Å². The summed E-state index contributed by atoms with van der Waals surface area (Å²) < 4.78 is 45.6. The van der Waals surface area contributed by atoms with Crippen molar-refractivity contribution < 1.29 is 13.2 Å². The molecule has 32 heavy (non-hydrogen) atoms. The molecule has 0 fully saturated rings. The fourth-order valence-electron chi connectivity index (χ4n) is 3.63. The highest BCUT2D eigenvalue weighted by Crippen LogP contribution is 2.32. The number of pyridine rings is 1. The molecule has 9 heteroatoms. The normalized spacial score (nSPS) is 12.4. The highest BCUT2D eigenvalue weighted by Gasteiger charge is 2.17. The number of nitrogens with zero attached hydrogens (tertiary/aromatic N) is 5. The first kappa shape index (κ1) is 19.8. The summed E-state index contributed by atoms with van der Waals surface area (Å²) in [6, 6.07) is 12.0. The van der Waals surface area contributed by atoms with E-state index in [9.17, 15) is 13.2 Å². The predicted molar refractivity (Wildman–Crippen MR) is 114 cm³/mol. The van der Waals surface area contributed by atoms with Gasteiger partial charge in [-0.15, -0.1) is 5.10 Å². The zero-order chi connectivity index (χ0) is 22.4. The summed E-state index contributed by atoms with van der Waals surface area (Å²) >= 11 is 0. The maximum atomic E-state index is 14.7. The third kappa shape index (κ3) is 3.47. The van der Waals surface area contributed by atoms with E-state index in [1.165, 1.54) is 22.8 Å². The minimum Gasteiger partial charge on any atom is -0.366 e. The van der Waals surface area contributed by atoms with Crippen molar-refractivity contribution in [3.8, 4) is 22.3 Å². The minimum absolute atomic E-state index is 0.0819. The van der Waals surface area contributed by atoms with Gasteiger partial charge < -0.3 is 5.73 Å². The van der Waals surface area contributed by atoms with Crippen molar-refractivity contribution in [3.05, 3.63) is 90.1 Å². The van der Waals surface area contributed by atoms with Gasteiger partial charge in [-0.2, -0.15) is 10.1 Å². The molecule has 0 amide bonds. The average molecular weight is 434 g/mol. The number of fused-ring (bicyclic) bond motifs is 1. The molecule has 1 atom stereocenters. The second kappa shape index (κ2) is 7.52. The van der Waals surface area contributed by atoms with Gasteiger partial charge in [0.1, 0.15) is 5.82 Å². The summed E-state index contributed by atoms with van der Waals surface area (Å²) in [7, 11) is 0. The van der Waals surface area contributed by atoms with Gasteiger partial charge in [0, 0.05) is 23.5 Å². The zero-order valence-corrected chi connectivity index (χ0v) is 16.9. The van der Waals surface area contributed by atoms with Crippen molar-refractivity contribution in [2.45, 2.75) is 13.0 Å². The van der Waals surface area contributed by atoms with Gasteiger partial charge in [-0.25, -0.2) is 17.7 Å². The van der Waals surface area contributed by atoms with Crippen molar-refractivity contribution >= 4 is 11.6 Å². The molecule has 5 aromatic rings. The molecule has 0 saturated carbocycles. The molecular weight excluding hydrogens is 417 g/mol. The van der Waals surface area contributed by atoms with Gasteiger partial charge in [0.2, 0.25) is 5.95 Å². The molecule has 2 N–H and O–H groups in total. The van der Waals surface area contributed by atoms with Crippen LogP contribution in [0.4, 0.5) is 19.1 Å². The molecule has 6 nitrogen and oxygen atoms in total. The van der Waals surface area contributed by atoms with E-state index in [0.717, 1.165) is 11.6 Å². The van der Waals surface area contributed by atoms with Crippen molar-refractivity contribution in [1.82, 2.24) is 24.4 Å². The second-order valence-electron chi connectivity index (χ2n) is 7.44. The predicted octanol–water partition coefficient (Wildman–Crippen LogP) is 4.87. The number of hydrogen-bond donors (Lipinski definition) is 1. The summed E-state index contributed by atoms with van der Waals surface area (Å²) in [6.07, 6.45) is 4.76. The molecular formula is C23H17F3N6. The maximum Gasteiger partial charge on any atom is 0.240 e. The smallest absolute Gasteiger partial charge is 0.240 e. The highest BCUT2D eigenvalue weighted by molar-refractivity contribution is 5.74. The Balaban J connectivity index is 1.53. The molecule has 0 bridgehead atoms. The van der Waals surface area contributed by atoms with Crippen LogP contribution in [-0.4, -0.2) is 24.4 Å². The van der Waals surface area contributed by atoms with Crippen LogP contribution in [0.3, 0.4) is 0 Å². The van der Waals surface area contributed by atoms with Gasteiger partial charge in [-0.1, -0.05) is 12.1 Å². The molecule has 3 aromatic heterocycles. The van der Waals surface area contributed by atoms with E-state index in [4.69, 9.17) is 5.73 Å². The van der Waals surface area contributed by atoms with Gasteiger partial charge in [0.15, 0.2) is 17.3 Å². The third-order valence-corrected chi connectivity index (χ3v) is 5.38. The Morgan fingerprint density at radius 1 is 0.938 bits per heavy atom. The Bertz CT molecular complexity index is 1440. The molecule has 2 aromatic carbocycles. The molecule has 0 unspecified atom stereocenters. The number of hydrogen-bond acceptors (Lipinski definition) is 4. The van der Waals surface area contributed by atoms with E-state index in [-0.39, 0.29) is 23.4 Å². The number of halogens is 3. The number of nitrogen functional groups attached to an aromatic ring is 1. The summed E-state index contributed by atoms with van der Waals surface area (Å²) in [5.41, 5.74) is 8.56. The van der Waals surface area contributed by atoms with Crippen molar-refractivity contribution in [3.63, 3.8) is 0 Å². The van der Waals surface area contributed by atoms with Crippen LogP contribution in [0.5, 0.6) is 0 Å². The SMILES string of the molecule is C[C@H](c1ccc(F)cc1)n1cc(-c2cc(-c3ccn4nc(N)nc4c3)cc(F)c2F)cn1. The summed E-state index contributed by atoms with van der Waals surface area (Å²) in [5.74, 6) is -2.15. The van der Waals surface area contributed by atoms with E-state index in [1.807, 2.05) is 6.92 Å². The lowest BCUT2D eigenvalue weighted by molar-refractivity contribution is 0.511. The largest absolute Gasteiger partial charge is 0.366 e. The van der Waals surface area contributed by atoms with Crippen LogP contribution in [0.1, 0.15) is 18.5 Å². The number of aromatic nitrogens is 5. The third-order valence-electron chi connectivity index (χ3n) is 5.38. The topological polar surface area (TPSA) is 74.0 Å². The van der Waals surface area contributed by atoms with Gasteiger partial charge in [0.05, 0.1) is 12.2 Å².